The predicted molar refractivity (Wildman–Crippen MR) is 85.3 cm³/mol. The highest BCUT2D eigenvalue weighted by Crippen LogP contribution is 2.27. The van der Waals surface area contributed by atoms with E-state index in [0.717, 1.165) is 6.20 Å². The molecule has 10 heteroatoms. The van der Waals surface area contributed by atoms with Gasteiger partial charge in [0.2, 0.25) is 6.30 Å². The predicted octanol–water partition coefficient (Wildman–Crippen LogP) is 0.478. The summed E-state index contributed by atoms with van der Waals surface area (Å²) in [4.78, 5) is 26.7. The molecule has 3 N–H and O–H groups in total. The number of hydrogen-bond acceptors (Lipinski definition) is 7. The normalized spacial score (nSPS) is 16.5. The molecule has 0 aromatic carbocycles. The Kier molecular flexibility index (Phi) is 7.12. The fourth-order valence-corrected chi connectivity index (χ4v) is 2.16. The van der Waals surface area contributed by atoms with Gasteiger partial charge in [-0.25, -0.2) is 9.18 Å². The fraction of sp³-hybridized carbons (Fsp3) is 0.643. The number of aliphatic hydroxyl groups is 1. The lowest BCUT2D eigenvalue weighted by Gasteiger charge is -2.36. The number of nitrogen functional groups attached to an aromatic ring is 1. The van der Waals surface area contributed by atoms with Crippen molar-refractivity contribution in [3.63, 3.8) is 0 Å². The summed E-state index contributed by atoms with van der Waals surface area (Å²) in [7, 11) is 1.19. The third-order valence-corrected chi connectivity index (χ3v) is 3.93. The zero-order valence-electron chi connectivity index (χ0n) is 13.6. The molecule has 0 amide bonds. The van der Waals surface area contributed by atoms with E-state index in [2.05, 4.69) is 4.98 Å². The zero-order valence-corrected chi connectivity index (χ0v) is 14.4. The van der Waals surface area contributed by atoms with E-state index in [1.54, 1.807) is 13.8 Å². The zero-order chi connectivity index (χ0) is 18.5. The summed E-state index contributed by atoms with van der Waals surface area (Å²) < 4.78 is 25.3. The lowest BCUT2D eigenvalue weighted by Crippen LogP contribution is -2.54. The summed E-state index contributed by atoms with van der Waals surface area (Å²) in [6.45, 7) is 2.75. The van der Waals surface area contributed by atoms with Crippen LogP contribution in [0.25, 0.3) is 0 Å². The maximum Gasteiger partial charge on any atom is 0.351 e. The van der Waals surface area contributed by atoms with Crippen molar-refractivity contribution >= 4 is 23.4 Å². The van der Waals surface area contributed by atoms with Crippen molar-refractivity contribution in [1.29, 1.82) is 0 Å². The van der Waals surface area contributed by atoms with Gasteiger partial charge in [-0.3, -0.25) is 9.36 Å². The molecular formula is C14H21ClFN3O5. The van der Waals surface area contributed by atoms with Crippen LogP contribution in [0.1, 0.15) is 20.1 Å². The van der Waals surface area contributed by atoms with Crippen LogP contribution in [-0.2, 0) is 14.3 Å². The third-order valence-electron chi connectivity index (χ3n) is 3.48. The molecule has 0 aliphatic heterocycles. The second-order valence-electron chi connectivity index (χ2n) is 5.52. The number of methoxy groups -OCH3 is 1. The number of hydrogen-bond donors (Lipinski definition) is 2. The van der Waals surface area contributed by atoms with E-state index in [-0.39, 0.29) is 11.7 Å². The number of rotatable bonds is 8. The van der Waals surface area contributed by atoms with Gasteiger partial charge in [-0.2, -0.15) is 4.98 Å². The number of halogens is 2. The first kappa shape index (κ1) is 20.3. The Labute approximate surface area is 143 Å². The molecule has 0 unspecified atom stereocenters. The number of nitrogens with zero attached hydrogens (tertiary/aromatic N) is 2. The molecule has 24 heavy (non-hydrogen) atoms. The lowest BCUT2D eigenvalue weighted by molar-refractivity contribution is -0.177. The molecule has 136 valence electrons. The van der Waals surface area contributed by atoms with Crippen molar-refractivity contribution in [2.75, 3.05) is 25.3 Å². The van der Waals surface area contributed by atoms with Gasteiger partial charge in [0.15, 0.2) is 0 Å². The quantitative estimate of drug-likeness (QED) is 0.508. The number of carbonyl (C=O) groups excluding carboxylic acids is 1. The van der Waals surface area contributed by atoms with Crippen molar-refractivity contribution in [3.05, 3.63) is 22.7 Å². The molecule has 8 nitrogen and oxygen atoms in total. The van der Waals surface area contributed by atoms with Crippen molar-refractivity contribution in [1.82, 2.24) is 9.55 Å². The van der Waals surface area contributed by atoms with E-state index < -0.39 is 42.2 Å². The van der Waals surface area contributed by atoms with Crippen molar-refractivity contribution in [3.8, 4) is 0 Å². The molecule has 0 radical (unpaired) electrons. The second-order valence-corrected chi connectivity index (χ2v) is 5.79. The molecule has 1 aromatic rings. The Bertz CT molecular complexity index is 621. The van der Waals surface area contributed by atoms with Gasteiger partial charge in [-0.15, -0.1) is 11.6 Å². The van der Waals surface area contributed by atoms with Crippen LogP contribution in [0.3, 0.4) is 0 Å². The molecule has 3 atom stereocenters. The van der Waals surface area contributed by atoms with Crippen LogP contribution < -0.4 is 11.4 Å². The van der Waals surface area contributed by atoms with Crippen LogP contribution in [0.2, 0.25) is 0 Å². The summed E-state index contributed by atoms with van der Waals surface area (Å²) in [6.07, 6.45) is -3.09. The standard InChI is InChI=1S/C14H21ClFN3O5/c1-8(2)12(21)24-7-14(6-15,23-3)10(20)11(16)19-5-4-9(17)18-13(19)22/h4-5,8,10-11,20H,6-7H2,1-3H3,(H2,17,18,22)/t10-,11-,14+/m0/s1. The SMILES string of the molecule is CO[C@](CCl)(COC(=O)C(C)C)[C@@H](O)[C@@H](F)n1ccc(N)nc1=O. The summed E-state index contributed by atoms with van der Waals surface area (Å²) >= 11 is 5.81. The van der Waals surface area contributed by atoms with Gasteiger partial charge in [0.25, 0.3) is 0 Å². The first-order valence-corrected chi connectivity index (χ1v) is 7.66. The van der Waals surface area contributed by atoms with E-state index in [4.69, 9.17) is 26.8 Å². The fourth-order valence-electron chi connectivity index (χ4n) is 1.81. The van der Waals surface area contributed by atoms with Crippen molar-refractivity contribution < 1.29 is 23.8 Å². The average Bonchev–Trinajstić information content (AvgIpc) is 2.55. The number of alkyl halides is 2. The first-order chi connectivity index (χ1) is 11.2. The van der Waals surface area contributed by atoms with Crippen LogP contribution in [0.4, 0.5) is 10.2 Å². The molecule has 1 aromatic heterocycles. The number of aliphatic hydroxyl groups excluding tert-OH is 1. The van der Waals surface area contributed by atoms with Crippen LogP contribution in [0, 0.1) is 5.92 Å². The van der Waals surface area contributed by atoms with E-state index in [1.807, 2.05) is 0 Å². The summed E-state index contributed by atoms with van der Waals surface area (Å²) in [5.41, 5.74) is 2.61. The highest BCUT2D eigenvalue weighted by molar-refractivity contribution is 6.18. The average molecular weight is 366 g/mol. The topological polar surface area (TPSA) is 117 Å². The van der Waals surface area contributed by atoms with Gasteiger partial charge in [-0.1, -0.05) is 13.8 Å². The van der Waals surface area contributed by atoms with E-state index in [9.17, 15) is 19.1 Å². The monoisotopic (exact) mass is 365 g/mol. The Morgan fingerprint density at radius 2 is 2.21 bits per heavy atom. The minimum Gasteiger partial charge on any atom is -0.462 e. The Morgan fingerprint density at radius 3 is 2.67 bits per heavy atom. The lowest BCUT2D eigenvalue weighted by atomic mass is 9.98. The van der Waals surface area contributed by atoms with Crippen LogP contribution in [0.15, 0.2) is 17.1 Å². The number of aromatic nitrogens is 2. The molecule has 1 rings (SSSR count). The smallest absolute Gasteiger partial charge is 0.351 e. The number of carbonyl (C=O) groups is 1. The molecule has 0 aliphatic rings. The molecule has 0 spiro atoms. The summed E-state index contributed by atoms with van der Waals surface area (Å²) in [5.74, 6) is -1.44. The van der Waals surface area contributed by atoms with Crippen LogP contribution >= 0.6 is 11.6 Å². The number of ether oxygens (including phenoxy) is 2. The maximum absolute atomic E-state index is 14.6. The minimum absolute atomic E-state index is 0.0841. The largest absolute Gasteiger partial charge is 0.462 e. The molecule has 0 fully saturated rings. The van der Waals surface area contributed by atoms with Crippen molar-refractivity contribution in [2.45, 2.75) is 31.8 Å². The summed E-state index contributed by atoms with van der Waals surface area (Å²) in [5, 5.41) is 10.3. The highest BCUT2D eigenvalue weighted by atomic mass is 35.5. The van der Waals surface area contributed by atoms with Crippen LogP contribution in [-0.4, -0.2) is 51.9 Å². The first-order valence-electron chi connectivity index (χ1n) is 7.13. The third kappa shape index (κ3) is 4.43. The van der Waals surface area contributed by atoms with Gasteiger partial charge in [0, 0.05) is 13.3 Å². The Hall–Kier alpha value is -1.71. The van der Waals surface area contributed by atoms with Gasteiger partial charge >= 0.3 is 11.7 Å². The Morgan fingerprint density at radius 1 is 1.58 bits per heavy atom. The Balaban J connectivity index is 3.05. The van der Waals surface area contributed by atoms with Crippen LogP contribution in [0.5, 0.6) is 0 Å². The highest BCUT2D eigenvalue weighted by Gasteiger charge is 2.45. The summed E-state index contributed by atoms with van der Waals surface area (Å²) in [6, 6.07) is 1.20. The van der Waals surface area contributed by atoms with Gasteiger partial charge in [0.05, 0.1) is 11.8 Å². The molecular weight excluding hydrogens is 345 g/mol. The number of nitrogens with two attached hydrogens (primary N) is 1. The van der Waals surface area contributed by atoms with Gasteiger partial charge in [-0.05, 0) is 6.07 Å². The van der Waals surface area contributed by atoms with Gasteiger partial charge in [0.1, 0.15) is 24.1 Å². The molecule has 0 saturated heterocycles. The number of esters is 1. The van der Waals surface area contributed by atoms with E-state index in [1.165, 1.54) is 13.2 Å². The van der Waals surface area contributed by atoms with Gasteiger partial charge < -0.3 is 20.3 Å². The molecule has 0 bridgehead atoms. The van der Waals surface area contributed by atoms with E-state index in [0.29, 0.717) is 4.57 Å². The second kappa shape index (κ2) is 8.41. The molecule has 0 aliphatic carbocycles. The molecule has 0 saturated carbocycles. The number of anilines is 1. The molecule has 1 heterocycles. The maximum atomic E-state index is 14.6. The van der Waals surface area contributed by atoms with Crippen molar-refractivity contribution in [2.24, 2.45) is 5.92 Å². The minimum atomic E-state index is -2.23. The van der Waals surface area contributed by atoms with E-state index >= 15 is 0 Å².